The zero-order valence-corrected chi connectivity index (χ0v) is 19.9. The number of rotatable bonds is 4. The van der Waals surface area contributed by atoms with Crippen LogP contribution in [0.5, 0.6) is 0 Å². The second-order valence-electron chi connectivity index (χ2n) is 8.58. The molecule has 1 atom stereocenters. The first-order valence-corrected chi connectivity index (χ1v) is 12.0. The SMILES string of the molecule is FC(F)F.N#CCC1CCOCC1.O=c1[nH]ccc2[nH]nc(Nc3ccc(C4CCCCN4)cc3)c12. The van der Waals surface area contributed by atoms with Crippen LogP contribution in [0.1, 0.15) is 50.1 Å². The Morgan fingerprint density at radius 1 is 1.11 bits per heavy atom. The average Bonchev–Trinajstić information content (AvgIpc) is 3.30. The summed E-state index contributed by atoms with van der Waals surface area (Å²) in [7, 11) is 0. The maximum Gasteiger partial charge on any atom is 0.379 e. The number of nitrogens with one attached hydrogen (secondary N) is 4. The number of fused-ring (bicyclic) bond motifs is 1. The summed E-state index contributed by atoms with van der Waals surface area (Å²) in [5.74, 6) is 1.16. The van der Waals surface area contributed by atoms with Crippen LogP contribution in [0.25, 0.3) is 10.9 Å². The average molecular weight is 505 g/mol. The second-order valence-corrected chi connectivity index (χ2v) is 8.58. The molecule has 8 nitrogen and oxygen atoms in total. The summed E-state index contributed by atoms with van der Waals surface area (Å²) in [5, 5.41) is 22.7. The zero-order valence-electron chi connectivity index (χ0n) is 19.9. The van der Waals surface area contributed by atoms with Gasteiger partial charge in [0.15, 0.2) is 5.82 Å². The molecule has 4 heterocycles. The molecule has 0 spiro atoms. The van der Waals surface area contributed by atoms with Gasteiger partial charge in [-0.25, -0.2) is 0 Å². The van der Waals surface area contributed by atoms with Crippen LogP contribution in [0.4, 0.5) is 24.7 Å². The smallest absolute Gasteiger partial charge is 0.379 e. The summed E-state index contributed by atoms with van der Waals surface area (Å²) in [6.45, 7) is -0.870. The first-order chi connectivity index (χ1) is 17.5. The molecule has 3 aromatic rings. The van der Waals surface area contributed by atoms with Crippen LogP contribution in [-0.4, -0.2) is 41.6 Å². The van der Waals surface area contributed by atoms with E-state index >= 15 is 0 Å². The van der Waals surface area contributed by atoms with E-state index in [2.05, 4.69) is 44.0 Å². The van der Waals surface area contributed by atoms with Crippen LogP contribution in [0, 0.1) is 17.2 Å². The van der Waals surface area contributed by atoms with E-state index < -0.39 is 6.68 Å². The number of halogens is 3. The molecule has 2 aliphatic rings. The lowest BCUT2D eigenvalue weighted by Crippen LogP contribution is -2.26. The minimum atomic E-state index is -3.67. The Hall–Kier alpha value is -3.36. The molecule has 194 valence electrons. The Morgan fingerprint density at radius 3 is 2.47 bits per heavy atom. The van der Waals surface area contributed by atoms with E-state index in [1.54, 1.807) is 12.3 Å². The van der Waals surface area contributed by atoms with Crippen LogP contribution in [-0.2, 0) is 4.74 Å². The van der Waals surface area contributed by atoms with Crippen LogP contribution >= 0.6 is 0 Å². The minimum absolute atomic E-state index is 0.151. The van der Waals surface area contributed by atoms with Crippen LogP contribution < -0.4 is 16.2 Å². The lowest BCUT2D eigenvalue weighted by Gasteiger charge is -2.24. The number of benzene rings is 1. The predicted molar refractivity (Wildman–Crippen MR) is 132 cm³/mol. The van der Waals surface area contributed by atoms with Gasteiger partial charge in [0.05, 0.1) is 11.6 Å². The van der Waals surface area contributed by atoms with Gasteiger partial charge in [-0.2, -0.15) is 23.5 Å². The second kappa shape index (κ2) is 14.3. The Kier molecular flexibility index (Phi) is 10.8. The number of nitrogens with zero attached hydrogens (tertiary/aromatic N) is 2. The fourth-order valence-electron chi connectivity index (χ4n) is 4.22. The van der Waals surface area contributed by atoms with Crippen molar-refractivity contribution in [1.82, 2.24) is 20.5 Å². The van der Waals surface area contributed by atoms with E-state index in [4.69, 9.17) is 10.00 Å². The summed E-state index contributed by atoms with van der Waals surface area (Å²) < 4.78 is 34.1. The Balaban J connectivity index is 0.000000231. The van der Waals surface area contributed by atoms with Gasteiger partial charge in [-0.15, -0.1) is 0 Å². The molecule has 0 radical (unpaired) electrons. The van der Waals surface area contributed by atoms with Crippen molar-refractivity contribution in [3.8, 4) is 6.07 Å². The number of aromatic nitrogens is 3. The molecule has 2 aromatic heterocycles. The number of pyridine rings is 1. The number of anilines is 2. The molecule has 0 bridgehead atoms. The highest BCUT2D eigenvalue weighted by Gasteiger charge is 2.15. The third-order valence-electron chi connectivity index (χ3n) is 6.09. The van der Waals surface area contributed by atoms with E-state index in [1.807, 2.05) is 12.1 Å². The molecule has 0 saturated carbocycles. The summed E-state index contributed by atoms with van der Waals surface area (Å²) >= 11 is 0. The van der Waals surface area contributed by atoms with Crippen molar-refractivity contribution in [2.75, 3.05) is 25.1 Å². The zero-order chi connectivity index (χ0) is 25.8. The maximum absolute atomic E-state index is 11.9. The Bertz CT molecular complexity index is 1140. The molecule has 2 fully saturated rings. The fraction of sp³-hybridized carbons (Fsp3) is 0.480. The fourth-order valence-corrected chi connectivity index (χ4v) is 4.22. The van der Waals surface area contributed by atoms with E-state index in [1.165, 1.54) is 24.8 Å². The number of hydrogen-bond donors (Lipinski definition) is 4. The predicted octanol–water partition coefficient (Wildman–Crippen LogP) is 5.31. The minimum Gasteiger partial charge on any atom is -0.381 e. The molecule has 0 aliphatic carbocycles. The molecular formula is C25H31F3N6O2. The molecule has 0 amide bonds. The van der Waals surface area contributed by atoms with Gasteiger partial charge >= 0.3 is 6.68 Å². The number of alkyl halides is 3. The molecule has 2 aliphatic heterocycles. The van der Waals surface area contributed by atoms with Gasteiger partial charge in [0.1, 0.15) is 5.39 Å². The number of aromatic amines is 2. The van der Waals surface area contributed by atoms with Gasteiger partial charge in [0.2, 0.25) is 0 Å². The van der Waals surface area contributed by atoms with Crippen molar-refractivity contribution >= 4 is 22.4 Å². The lowest BCUT2D eigenvalue weighted by molar-refractivity contribution is 0.00819. The van der Waals surface area contributed by atoms with E-state index in [0.29, 0.717) is 29.6 Å². The highest BCUT2D eigenvalue weighted by Crippen LogP contribution is 2.26. The third-order valence-corrected chi connectivity index (χ3v) is 6.09. The summed E-state index contributed by atoms with van der Waals surface area (Å²) in [4.78, 5) is 14.6. The number of nitriles is 1. The molecule has 36 heavy (non-hydrogen) atoms. The first kappa shape index (κ1) is 27.2. The molecule has 1 aromatic carbocycles. The monoisotopic (exact) mass is 504 g/mol. The van der Waals surface area contributed by atoms with Gasteiger partial charge in [-0.3, -0.25) is 9.89 Å². The van der Waals surface area contributed by atoms with Gasteiger partial charge in [0.25, 0.3) is 5.56 Å². The molecule has 5 rings (SSSR count). The van der Waals surface area contributed by atoms with Crippen LogP contribution in [0.15, 0.2) is 41.3 Å². The van der Waals surface area contributed by atoms with Crippen molar-refractivity contribution in [2.24, 2.45) is 5.92 Å². The van der Waals surface area contributed by atoms with Crippen molar-refractivity contribution < 1.29 is 17.9 Å². The van der Waals surface area contributed by atoms with E-state index in [-0.39, 0.29) is 5.56 Å². The van der Waals surface area contributed by atoms with E-state index in [9.17, 15) is 18.0 Å². The van der Waals surface area contributed by atoms with Gasteiger partial charge in [-0.1, -0.05) is 18.6 Å². The van der Waals surface area contributed by atoms with Crippen LogP contribution in [0.3, 0.4) is 0 Å². The van der Waals surface area contributed by atoms with Crippen molar-refractivity contribution in [3.05, 3.63) is 52.4 Å². The maximum atomic E-state index is 11.9. The largest absolute Gasteiger partial charge is 0.381 e. The van der Waals surface area contributed by atoms with Gasteiger partial charge < -0.3 is 20.4 Å². The number of ether oxygens (including phenoxy) is 1. The molecule has 2 saturated heterocycles. The van der Waals surface area contributed by atoms with Gasteiger partial charge in [-0.05, 0) is 61.9 Å². The lowest BCUT2D eigenvalue weighted by atomic mass is 9.97. The summed E-state index contributed by atoms with van der Waals surface area (Å²) in [6, 6.07) is 12.8. The van der Waals surface area contributed by atoms with Crippen molar-refractivity contribution in [2.45, 2.75) is 51.2 Å². The topological polar surface area (TPSA) is 119 Å². The van der Waals surface area contributed by atoms with Crippen molar-refractivity contribution in [3.63, 3.8) is 0 Å². The Labute approximate surface area is 207 Å². The number of hydrogen-bond acceptors (Lipinski definition) is 6. The highest BCUT2D eigenvalue weighted by molar-refractivity contribution is 5.90. The molecule has 4 N–H and O–H groups in total. The summed E-state index contributed by atoms with van der Waals surface area (Å²) in [6.07, 6.45) is 8.20. The molecule has 11 heteroatoms. The molecule has 1 unspecified atom stereocenters. The van der Waals surface area contributed by atoms with E-state index in [0.717, 1.165) is 43.8 Å². The standard InChI is InChI=1S/C17H19N5O.C7H11NO.CHF3/c23-17-15-14(8-10-19-17)21-22-16(15)20-12-6-4-11(5-7-12)13-3-1-2-9-18-13;8-4-1-7-2-5-9-6-3-7;2-1(3)4/h4-8,10,13,18H,1-3,9H2,(H,19,23)(H2,20,21,22);7H,1-3,5-6H2;1H. The summed E-state index contributed by atoms with van der Waals surface area (Å²) in [5.41, 5.74) is 2.79. The number of H-pyrrole nitrogens is 2. The molecular weight excluding hydrogens is 473 g/mol. The van der Waals surface area contributed by atoms with Crippen LogP contribution in [0.2, 0.25) is 0 Å². The highest BCUT2D eigenvalue weighted by atomic mass is 19.4. The number of piperidine rings is 1. The first-order valence-electron chi connectivity index (χ1n) is 12.0. The van der Waals surface area contributed by atoms with Gasteiger partial charge in [0, 0.05) is 37.6 Å². The normalized spacial score (nSPS) is 17.9. The quantitative estimate of drug-likeness (QED) is 0.382. The third kappa shape index (κ3) is 8.39. The Morgan fingerprint density at radius 2 is 1.83 bits per heavy atom. The van der Waals surface area contributed by atoms with Crippen molar-refractivity contribution in [1.29, 1.82) is 5.26 Å².